The van der Waals surface area contributed by atoms with Crippen LogP contribution in [0.4, 0.5) is 17.6 Å². The SMILES string of the molecule is CCOC(=O)C(F)(F)C(=O)C(F)(F)Cl. The topological polar surface area (TPSA) is 43.4 Å². The second-order valence-corrected chi connectivity index (χ2v) is 2.60. The molecule has 0 heterocycles. The molecule has 14 heavy (non-hydrogen) atoms. The second kappa shape index (κ2) is 4.12. The Morgan fingerprint density at radius 2 is 1.71 bits per heavy atom. The van der Waals surface area contributed by atoms with Crippen molar-refractivity contribution >= 4 is 23.4 Å². The lowest BCUT2D eigenvalue weighted by Gasteiger charge is -2.15. The van der Waals surface area contributed by atoms with E-state index in [-0.39, 0.29) is 0 Å². The summed E-state index contributed by atoms with van der Waals surface area (Å²) in [5.74, 6) is -10.3. The Kier molecular flexibility index (Phi) is 3.87. The van der Waals surface area contributed by atoms with Gasteiger partial charge in [-0.1, -0.05) is 0 Å². The van der Waals surface area contributed by atoms with Gasteiger partial charge < -0.3 is 4.74 Å². The Bertz CT molecular complexity index is 248. The van der Waals surface area contributed by atoms with E-state index in [9.17, 15) is 27.2 Å². The van der Waals surface area contributed by atoms with Crippen molar-refractivity contribution < 1.29 is 31.9 Å². The summed E-state index contributed by atoms with van der Waals surface area (Å²) in [4.78, 5) is 20.6. The summed E-state index contributed by atoms with van der Waals surface area (Å²) in [5.41, 5.74) is 0. The molecule has 0 aliphatic rings. The van der Waals surface area contributed by atoms with Gasteiger partial charge in [-0.15, -0.1) is 0 Å². The maximum absolute atomic E-state index is 12.5. The first-order chi connectivity index (χ1) is 6.14. The second-order valence-electron chi connectivity index (χ2n) is 2.12. The lowest BCUT2D eigenvalue weighted by Crippen LogP contribution is -2.46. The van der Waals surface area contributed by atoms with Gasteiger partial charge in [-0.05, 0) is 18.5 Å². The quantitative estimate of drug-likeness (QED) is 0.322. The first-order valence-corrected chi connectivity index (χ1v) is 3.68. The first kappa shape index (κ1) is 13.2. The minimum absolute atomic E-state index is 0.463. The molecular weight excluding hydrogens is 232 g/mol. The maximum atomic E-state index is 12.5. The molecule has 0 rings (SSSR count). The standard InChI is InChI=1S/C6H5ClF4O3/c1-2-14-4(13)5(8,9)3(12)6(7,10)11/h2H2,1H3. The number of alkyl halides is 5. The number of ketones is 1. The van der Waals surface area contributed by atoms with Crippen molar-refractivity contribution in [3.8, 4) is 0 Å². The van der Waals surface area contributed by atoms with Crippen LogP contribution < -0.4 is 0 Å². The molecule has 0 aliphatic heterocycles. The minimum Gasteiger partial charge on any atom is -0.461 e. The monoisotopic (exact) mass is 236 g/mol. The Balaban J connectivity index is 4.79. The van der Waals surface area contributed by atoms with E-state index in [4.69, 9.17) is 0 Å². The van der Waals surface area contributed by atoms with E-state index in [0.717, 1.165) is 0 Å². The number of carbonyl (C=O) groups is 2. The molecule has 0 bridgehead atoms. The van der Waals surface area contributed by atoms with Crippen LogP contribution in [0.15, 0.2) is 0 Å². The van der Waals surface area contributed by atoms with E-state index in [2.05, 4.69) is 16.3 Å². The number of ether oxygens (including phenoxy) is 1. The lowest BCUT2D eigenvalue weighted by atomic mass is 10.2. The molecule has 8 heteroatoms. The number of hydrogen-bond acceptors (Lipinski definition) is 3. The third-order valence-electron chi connectivity index (χ3n) is 1.07. The van der Waals surface area contributed by atoms with Gasteiger partial charge in [0.25, 0.3) is 5.78 Å². The van der Waals surface area contributed by atoms with Crippen LogP contribution in [-0.2, 0) is 14.3 Å². The van der Waals surface area contributed by atoms with E-state index in [1.165, 1.54) is 6.92 Å². The molecular formula is C6H5ClF4O3. The summed E-state index contributed by atoms with van der Waals surface area (Å²) in [6.45, 7) is 0.715. The zero-order valence-electron chi connectivity index (χ0n) is 6.82. The van der Waals surface area contributed by atoms with Crippen molar-refractivity contribution in [2.24, 2.45) is 0 Å². The fourth-order valence-corrected chi connectivity index (χ4v) is 0.611. The number of halogens is 5. The number of rotatable bonds is 4. The summed E-state index contributed by atoms with van der Waals surface area (Å²) in [6.07, 6.45) is 0. The number of hydrogen-bond donors (Lipinski definition) is 0. The van der Waals surface area contributed by atoms with Crippen LogP contribution in [0.2, 0.25) is 0 Å². The number of carbonyl (C=O) groups excluding carboxylic acids is 2. The highest BCUT2D eigenvalue weighted by Gasteiger charge is 2.59. The average molecular weight is 237 g/mol. The number of Topliss-reactive ketones (excluding diaryl/α,β-unsaturated/α-hetero) is 1. The van der Waals surface area contributed by atoms with E-state index in [1.54, 1.807) is 0 Å². The van der Waals surface area contributed by atoms with Gasteiger partial charge in [0.15, 0.2) is 0 Å². The molecule has 0 aliphatic carbocycles. The summed E-state index contributed by atoms with van der Waals surface area (Å²) < 4.78 is 52.6. The Morgan fingerprint density at radius 1 is 1.29 bits per heavy atom. The van der Waals surface area contributed by atoms with Gasteiger partial charge in [-0.3, -0.25) is 4.79 Å². The van der Waals surface area contributed by atoms with Crippen molar-refractivity contribution in [2.75, 3.05) is 6.61 Å². The molecule has 3 nitrogen and oxygen atoms in total. The van der Waals surface area contributed by atoms with Crippen LogP contribution in [0.3, 0.4) is 0 Å². The summed E-state index contributed by atoms with van der Waals surface area (Å²) in [5, 5.41) is -4.80. The van der Waals surface area contributed by atoms with Gasteiger partial charge in [-0.2, -0.15) is 17.6 Å². The molecule has 0 spiro atoms. The molecule has 82 valence electrons. The van der Waals surface area contributed by atoms with Crippen LogP contribution in [0.5, 0.6) is 0 Å². The molecule has 0 aromatic carbocycles. The zero-order valence-corrected chi connectivity index (χ0v) is 7.58. The summed E-state index contributed by atoms with van der Waals surface area (Å²) >= 11 is 4.04. The third kappa shape index (κ3) is 2.83. The number of esters is 1. The molecule has 0 saturated carbocycles. The molecule has 0 saturated heterocycles. The highest BCUT2D eigenvalue weighted by atomic mass is 35.5. The molecule has 0 aromatic rings. The smallest absolute Gasteiger partial charge is 0.407 e. The molecule has 0 fully saturated rings. The Morgan fingerprint density at radius 3 is 2.00 bits per heavy atom. The molecule has 0 amide bonds. The Labute approximate surface area is 81.0 Å². The van der Waals surface area contributed by atoms with Gasteiger partial charge in [0.1, 0.15) is 0 Å². The van der Waals surface area contributed by atoms with Crippen molar-refractivity contribution in [1.29, 1.82) is 0 Å². The molecule has 0 aromatic heterocycles. The first-order valence-electron chi connectivity index (χ1n) is 3.30. The highest BCUT2D eigenvalue weighted by molar-refractivity contribution is 6.35. The summed E-state index contributed by atoms with van der Waals surface area (Å²) in [7, 11) is 0. The highest BCUT2D eigenvalue weighted by Crippen LogP contribution is 2.30. The minimum atomic E-state index is -4.93. The Hall–Kier alpha value is -0.850. The molecule has 0 unspecified atom stereocenters. The lowest BCUT2D eigenvalue weighted by molar-refractivity contribution is -0.183. The van der Waals surface area contributed by atoms with Crippen molar-refractivity contribution in [1.82, 2.24) is 0 Å². The normalized spacial score (nSPS) is 12.4. The van der Waals surface area contributed by atoms with E-state index >= 15 is 0 Å². The van der Waals surface area contributed by atoms with Crippen molar-refractivity contribution in [3.05, 3.63) is 0 Å². The molecule has 0 radical (unpaired) electrons. The van der Waals surface area contributed by atoms with E-state index in [1.807, 2.05) is 0 Å². The van der Waals surface area contributed by atoms with Crippen LogP contribution in [0, 0.1) is 0 Å². The molecule has 0 N–H and O–H groups in total. The van der Waals surface area contributed by atoms with Crippen molar-refractivity contribution in [2.45, 2.75) is 18.2 Å². The fraction of sp³-hybridized carbons (Fsp3) is 0.667. The van der Waals surface area contributed by atoms with E-state index in [0.29, 0.717) is 0 Å². The molecule has 0 atom stereocenters. The van der Waals surface area contributed by atoms with Crippen LogP contribution >= 0.6 is 11.6 Å². The van der Waals surface area contributed by atoms with Crippen LogP contribution in [-0.4, -0.2) is 29.7 Å². The van der Waals surface area contributed by atoms with Crippen LogP contribution in [0.25, 0.3) is 0 Å². The fourth-order valence-electron chi connectivity index (χ4n) is 0.492. The van der Waals surface area contributed by atoms with Gasteiger partial charge in [0.05, 0.1) is 6.61 Å². The van der Waals surface area contributed by atoms with Gasteiger partial charge >= 0.3 is 17.3 Å². The van der Waals surface area contributed by atoms with Gasteiger partial charge in [0.2, 0.25) is 0 Å². The average Bonchev–Trinajstić information content (AvgIpc) is 2.01. The van der Waals surface area contributed by atoms with E-state index < -0.39 is 29.7 Å². The largest absolute Gasteiger partial charge is 0.461 e. The zero-order chi connectivity index (χ0) is 11.6. The maximum Gasteiger partial charge on any atom is 0.407 e. The summed E-state index contributed by atoms with van der Waals surface area (Å²) in [6, 6.07) is 0. The van der Waals surface area contributed by atoms with Gasteiger partial charge in [-0.25, -0.2) is 4.79 Å². The predicted octanol–water partition coefficient (Wildman–Crippen LogP) is 1.59. The van der Waals surface area contributed by atoms with Crippen molar-refractivity contribution in [3.63, 3.8) is 0 Å². The third-order valence-corrected chi connectivity index (χ3v) is 1.25. The van der Waals surface area contributed by atoms with Crippen LogP contribution in [0.1, 0.15) is 6.92 Å². The van der Waals surface area contributed by atoms with Gasteiger partial charge in [0, 0.05) is 0 Å². The predicted molar refractivity (Wildman–Crippen MR) is 37.4 cm³/mol.